The van der Waals surface area contributed by atoms with Gasteiger partial charge in [-0.1, -0.05) is 18.5 Å². The number of rotatable bonds is 7. The number of aryl methyl sites for hydroxylation is 1. The van der Waals surface area contributed by atoms with Crippen molar-refractivity contribution >= 4 is 29.9 Å². The van der Waals surface area contributed by atoms with E-state index in [1.807, 2.05) is 6.92 Å². The van der Waals surface area contributed by atoms with Gasteiger partial charge in [-0.15, -0.1) is 24.0 Å². The average Bonchev–Trinajstić information content (AvgIpc) is 2.98. The molecule has 1 atom stereocenters. The predicted molar refractivity (Wildman–Crippen MR) is 107 cm³/mol. The molecule has 2 N–H and O–H groups in total. The number of nitrogens with zero attached hydrogens (tertiary/aromatic N) is 4. The second kappa shape index (κ2) is 11.6. The minimum Gasteiger partial charge on any atom is -0.357 e. The van der Waals surface area contributed by atoms with Gasteiger partial charge in [-0.05, 0) is 39.7 Å². The maximum absolute atomic E-state index is 5.09. The number of piperidine rings is 1. The third kappa shape index (κ3) is 6.92. The van der Waals surface area contributed by atoms with Crippen LogP contribution < -0.4 is 10.6 Å². The fourth-order valence-corrected chi connectivity index (χ4v) is 3.03. The smallest absolute Gasteiger partial charge is 0.248 e. The molecule has 8 heteroatoms. The fourth-order valence-electron chi connectivity index (χ4n) is 3.03. The lowest BCUT2D eigenvalue weighted by molar-refractivity contribution is 0.147. The summed E-state index contributed by atoms with van der Waals surface area (Å²) in [6.45, 7) is 10.6. The largest absolute Gasteiger partial charge is 0.357 e. The molecule has 1 aromatic rings. The maximum atomic E-state index is 5.09. The van der Waals surface area contributed by atoms with E-state index < -0.39 is 0 Å². The van der Waals surface area contributed by atoms with Gasteiger partial charge in [0.2, 0.25) is 5.89 Å². The monoisotopic (exact) mass is 450 g/mol. The van der Waals surface area contributed by atoms with Crippen molar-refractivity contribution in [2.75, 3.05) is 26.2 Å². The van der Waals surface area contributed by atoms with E-state index in [-0.39, 0.29) is 24.0 Å². The molecule has 1 unspecified atom stereocenters. The van der Waals surface area contributed by atoms with Gasteiger partial charge in [-0.2, -0.15) is 4.98 Å². The number of hydrogen-bond donors (Lipinski definition) is 2. The lowest BCUT2D eigenvalue weighted by Gasteiger charge is -2.35. The Bertz CT molecular complexity index is 493. The Kier molecular flexibility index (Phi) is 10.2. The number of aliphatic imine (C=N–C) groups is 1. The van der Waals surface area contributed by atoms with Crippen LogP contribution in [0, 0.1) is 6.92 Å². The molecule has 1 fully saturated rings. The summed E-state index contributed by atoms with van der Waals surface area (Å²) in [6, 6.07) is 0.742. The molecule has 1 aliphatic rings. The zero-order chi connectivity index (χ0) is 16.5. The summed E-state index contributed by atoms with van der Waals surface area (Å²) >= 11 is 0. The Morgan fingerprint density at radius 1 is 1.33 bits per heavy atom. The fraction of sp³-hybridized carbons (Fsp3) is 0.812. The Morgan fingerprint density at radius 3 is 2.83 bits per heavy atom. The van der Waals surface area contributed by atoms with Gasteiger partial charge < -0.3 is 15.2 Å². The molecule has 0 saturated carbocycles. The zero-order valence-electron chi connectivity index (χ0n) is 15.0. The van der Waals surface area contributed by atoms with Crippen LogP contribution in [0.3, 0.4) is 0 Å². The van der Waals surface area contributed by atoms with Gasteiger partial charge in [-0.25, -0.2) is 4.99 Å². The third-order valence-electron chi connectivity index (χ3n) is 4.20. The van der Waals surface area contributed by atoms with Crippen LogP contribution >= 0.6 is 24.0 Å². The van der Waals surface area contributed by atoms with E-state index in [9.17, 15) is 0 Å². The molecule has 0 bridgehead atoms. The molecule has 0 radical (unpaired) electrons. The number of nitrogens with one attached hydrogen (secondary N) is 2. The van der Waals surface area contributed by atoms with Crippen molar-refractivity contribution in [3.8, 4) is 0 Å². The van der Waals surface area contributed by atoms with Crippen LogP contribution in [-0.2, 0) is 6.54 Å². The van der Waals surface area contributed by atoms with Crippen LogP contribution in [-0.4, -0.2) is 53.2 Å². The molecule has 1 saturated heterocycles. The van der Waals surface area contributed by atoms with Crippen molar-refractivity contribution in [3.05, 3.63) is 11.7 Å². The minimum atomic E-state index is 0. The Labute approximate surface area is 162 Å². The topological polar surface area (TPSA) is 78.6 Å². The highest BCUT2D eigenvalue weighted by Gasteiger charge is 2.19. The second-order valence-corrected chi connectivity index (χ2v) is 5.95. The summed E-state index contributed by atoms with van der Waals surface area (Å²) in [6.07, 6.45) is 5.27. The van der Waals surface area contributed by atoms with Crippen molar-refractivity contribution in [2.24, 2.45) is 4.99 Å². The van der Waals surface area contributed by atoms with E-state index in [0.717, 1.165) is 31.6 Å². The third-order valence-corrected chi connectivity index (χ3v) is 4.20. The predicted octanol–water partition coefficient (Wildman–Crippen LogP) is 2.32. The standard InChI is InChI=1S/C16H30N6O.HI/c1-4-14-8-6-7-10-22(14)11-9-18-16(17-5-2)19-12-15-20-13(3)21-23-15;/h14H,4-12H2,1-3H3,(H2,17,18,19);1H. The zero-order valence-corrected chi connectivity index (χ0v) is 17.4. The highest BCUT2D eigenvalue weighted by atomic mass is 127. The normalized spacial score (nSPS) is 19.0. The first-order valence-corrected chi connectivity index (χ1v) is 8.78. The van der Waals surface area contributed by atoms with E-state index >= 15 is 0 Å². The van der Waals surface area contributed by atoms with Crippen LogP contribution in [0.1, 0.15) is 51.2 Å². The quantitative estimate of drug-likeness (QED) is 0.377. The lowest BCUT2D eigenvalue weighted by atomic mass is 10.0. The molecule has 0 aromatic carbocycles. The lowest BCUT2D eigenvalue weighted by Crippen LogP contribution is -2.45. The van der Waals surface area contributed by atoms with E-state index in [2.05, 4.69) is 44.5 Å². The molecule has 1 aromatic heterocycles. The van der Waals surface area contributed by atoms with Gasteiger partial charge in [0, 0.05) is 25.7 Å². The van der Waals surface area contributed by atoms with Gasteiger partial charge in [0.15, 0.2) is 11.8 Å². The maximum Gasteiger partial charge on any atom is 0.248 e. The van der Waals surface area contributed by atoms with Crippen molar-refractivity contribution in [2.45, 2.75) is 59.0 Å². The van der Waals surface area contributed by atoms with Gasteiger partial charge in [0.25, 0.3) is 0 Å². The Balaban J connectivity index is 0.00000288. The van der Waals surface area contributed by atoms with Gasteiger partial charge >= 0.3 is 0 Å². The molecule has 0 amide bonds. The van der Waals surface area contributed by atoms with Gasteiger partial charge in [0.1, 0.15) is 6.54 Å². The van der Waals surface area contributed by atoms with Crippen molar-refractivity contribution in [3.63, 3.8) is 0 Å². The molecule has 138 valence electrons. The number of likely N-dealkylation sites (tertiary alicyclic amines) is 1. The number of aromatic nitrogens is 2. The van der Waals surface area contributed by atoms with Crippen LogP contribution in [0.25, 0.3) is 0 Å². The van der Waals surface area contributed by atoms with Crippen molar-refractivity contribution in [1.29, 1.82) is 0 Å². The van der Waals surface area contributed by atoms with Crippen molar-refractivity contribution < 1.29 is 4.52 Å². The van der Waals surface area contributed by atoms with Gasteiger partial charge in [-0.3, -0.25) is 4.90 Å². The summed E-state index contributed by atoms with van der Waals surface area (Å²) in [5, 5.41) is 10.4. The number of halogens is 1. The van der Waals surface area contributed by atoms with E-state index in [1.165, 1.54) is 32.2 Å². The van der Waals surface area contributed by atoms with E-state index in [0.29, 0.717) is 18.3 Å². The second-order valence-electron chi connectivity index (χ2n) is 5.95. The first-order chi connectivity index (χ1) is 11.2. The highest BCUT2D eigenvalue weighted by Crippen LogP contribution is 2.18. The number of hydrogen-bond acceptors (Lipinski definition) is 5. The SMILES string of the molecule is CCNC(=NCc1nc(C)no1)NCCN1CCCCC1CC.I. The van der Waals surface area contributed by atoms with E-state index in [1.54, 1.807) is 0 Å². The first kappa shape index (κ1) is 21.1. The van der Waals surface area contributed by atoms with Crippen LogP contribution in [0.2, 0.25) is 0 Å². The minimum absolute atomic E-state index is 0. The molecule has 2 rings (SSSR count). The molecular weight excluding hydrogens is 419 g/mol. The Morgan fingerprint density at radius 2 is 2.17 bits per heavy atom. The molecule has 7 nitrogen and oxygen atoms in total. The summed E-state index contributed by atoms with van der Waals surface area (Å²) in [7, 11) is 0. The highest BCUT2D eigenvalue weighted by molar-refractivity contribution is 14.0. The molecule has 1 aliphatic heterocycles. The first-order valence-electron chi connectivity index (χ1n) is 8.78. The molecule has 0 aliphatic carbocycles. The summed E-state index contributed by atoms with van der Waals surface area (Å²) in [4.78, 5) is 11.3. The molecule has 24 heavy (non-hydrogen) atoms. The van der Waals surface area contributed by atoms with E-state index in [4.69, 9.17) is 4.52 Å². The van der Waals surface area contributed by atoms with Crippen LogP contribution in [0.4, 0.5) is 0 Å². The summed E-state index contributed by atoms with van der Waals surface area (Å²) in [5.41, 5.74) is 0. The molecule has 2 heterocycles. The average molecular weight is 450 g/mol. The summed E-state index contributed by atoms with van der Waals surface area (Å²) < 4.78 is 5.09. The van der Waals surface area contributed by atoms with Crippen LogP contribution in [0.15, 0.2) is 9.52 Å². The summed E-state index contributed by atoms with van der Waals surface area (Å²) in [5.74, 6) is 1.99. The molecular formula is C16H31IN6O. The van der Waals surface area contributed by atoms with Crippen LogP contribution in [0.5, 0.6) is 0 Å². The van der Waals surface area contributed by atoms with Gasteiger partial charge in [0.05, 0.1) is 0 Å². The van der Waals surface area contributed by atoms with Crippen molar-refractivity contribution in [1.82, 2.24) is 25.7 Å². The molecule has 0 spiro atoms. The Hall–Kier alpha value is -0.900. The number of guanidine groups is 1.